The minimum atomic E-state index is -4.53. The molecule has 0 spiro atoms. The molecule has 0 aliphatic heterocycles. The molecular formula is C13H13F3N4S. The molecule has 1 aromatic heterocycles. The Kier molecular flexibility index (Phi) is 4.69. The van der Waals surface area contributed by atoms with Crippen LogP contribution in [0.4, 0.5) is 19.1 Å². The van der Waals surface area contributed by atoms with E-state index in [-0.39, 0.29) is 11.0 Å². The second-order valence-corrected chi connectivity index (χ2v) is 5.33. The number of benzene rings is 1. The smallest absolute Gasteiger partial charge is 0.292 e. The Balaban J connectivity index is 2.19. The van der Waals surface area contributed by atoms with Gasteiger partial charge in [-0.3, -0.25) is 5.43 Å². The van der Waals surface area contributed by atoms with Gasteiger partial charge in [0, 0.05) is 11.8 Å². The number of hydrogen-bond acceptors (Lipinski definition) is 5. The number of nitrogen functional groups attached to an aromatic ring is 1. The fourth-order valence-corrected chi connectivity index (χ4v) is 2.51. The number of hydrogen-bond donors (Lipinski definition) is 2. The van der Waals surface area contributed by atoms with Crippen LogP contribution in [0.2, 0.25) is 0 Å². The summed E-state index contributed by atoms with van der Waals surface area (Å²) in [6, 6.07) is 8.66. The molecule has 0 bridgehead atoms. The lowest BCUT2D eigenvalue weighted by Gasteiger charge is -2.10. The van der Waals surface area contributed by atoms with Crippen molar-refractivity contribution < 1.29 is 13.2 Å². The molecule has 21 heavy (non-hydrogen) atoms. The van der Waals surface area contributed by atoms with E-state index in [0.29, 0.717) is 5.75 Å². The molecule has 112 valence electrons. The number of anilines is 1. The van der Waals surface area contributed by atoms with Crippen molar-refractivity contribution in [2.24, 2.45) is 5.84 Å². The lowest BCUT2D eigenvalue weighted by atomic mass is 10.2. The van der Waals surface area contributed by atoms with E-state index < -0.39 is 11.9 Å². The molecule has 0 aliphatic carbocycles. The van der Waals surface area contributed by atoms with Gasteiger partial charge in [-0.1, -0.05) is 29.8 Å². The predicted octanol–water partition coefficient (Wildman–Crippen LogP) is 3.38. The first-order valence-corrected chi connectivity index (χ1v) is 6.98. The van der Waals surface area contributed by atoms with Gasteiger partial charge >= 0.3 is 6.18 Å². The summed E-state index contributed by atoms with van der Waals surface area (Å²) < 4.78 is 38.2. The molecule has 2 rings (SSSR count). The zero-order valence-corrected chi connectivity index (χ0v) is 11.9. The molecule has 0 saturated heterocycles. The summed E-state index contributed by atoms with van der Waals surface area (Å²) in [5.41, 5.74) is 3.14. The van der Waals surface area contributed by atoms with Gasteiger partial charge in [0.1, 0.15) is 5.03 Å². The van der Waals surface area contributed by atoms with E-state index >= 15 is 0 Å². The van der Waals surface area contributed by atoms with Crippen LogP contribution >= 0.6 is 11.8 Å². The number of halogens is 3. The van der Waals surface area contributed by atoms with Gasteiger partial charge in [0.05, 0.1) is 0 Å². The van der Waals surface area contributed by atoms with Crippen molar-refractivity contribution in [3.8, 4) is 0 Å². The molecule has 3 N–H and O–H groups in total. The summed E-state index contributed by atoms with van der Waals surface area (Å²) in [7, 11) is 0. The van der Waals surface area contributed by atoms with Gasteiger partial charge in [0.2, 0.25) is 5.95 Å². The van der Waals surface area contributed by atoms with Crippen LogP contribution in [0.25, 0.3) is 0 Å². The van der Waals surface area contributed by atoms with Crippen molar-refractivity contribution >= 4 is 17.7 Å². The summed E-state index contributed by atoms with van der Waals surface area (Å²) in [5, 5.41) is 0.215. The van der Waals surface area contributed by atoms with Crippen molar-refractivity contribution in [1.29, 1.82) is 0 Å². The molecule has 8 heteroatoms. The predicted molar refractivity (Wildman–Crippen MR) is 75.6 cm³/mol. The number of hydrazine groups is 1. The average Bonchev–Trinajstić information content (AvgIpc) is 2.44. The van der Waals surface area contributed by atoms with Crippen LogP contribution in [0.1, 0.15) is 16.8 Å². The molecule has 0 saturated carbocycles. The highest BCUT2D eigenvalue weighted by atomic mass is 32.2. The number of thioether (sulfide) groups is 1. The van der Waals surface area contributed by atoms with E-state index in [1.807, 2.05) is 31.2 Å². The fraction of sp³-hybridized carbons (Fsp3) is 0.231. The van der Waals surface area contributed by atoms with E-state index in [0.717, 1.165) is 17.2 Å². The van der Waals surface area contributed by atoms with Crippen LogP contribution in [0.5, 0.6) is 0 Å². The number of aryl methyl sites for hydroxylation is 1. The van der Waals surface area contributed by atoms with Gasteiger partial charge in [-0.15, -0.1) is 11.8 Å². The second-order valence-electron chi connectivity index (χ2n) is 4.33. The lowest BCUT2D eigenvalue weighted by Crippen LogP contribution is -2.15. The second kappa shape index (κ2) is 6.31. The first-order valence-electron chi connectivity index (χ1n) is 6.00. The highest BCUT2D eigenvalue weighted by Gasteiger charge is 2.33. The van der Waals surface area contributed by atoms with Crippen LogP contribution in [0, 0.1) is 6.92 Å². The average molecular weight is 314 g/mol. The molecule has 0 radical (unpaired) electrons. The van der Waals surface area contributed by atoms with Crippen molar-refractivity contribution in [3.63, 3.8) is 0 Å². The van der Waals surface area contributed by atoms with Crippen LogP contribution < -0.4 is 11.3 Å². The normalized spacial score (nSPS) is 11.5. The van der Waals surface area contributed by atoms with Gasteiger partial charge in [0.25, 0.3) is 0 Å². The molecule has 0 unspecified atom stereocenters. The first kappa shape index (κ1) is 15.6. The van der Waals surface area contributed by atoms with Crippen molar-refractivity contribution in [3.05, 3.63) is 47.2 Å². The van der Waals surface area contributed by atoms with Gasteiger partial charge < -0.3 is 0 Å². The van der Waals surface area contributed by atoms with E-state index in [1.54, 1.807) is 0 Å². The van der Waals surface area contributed by atoms with Gasteiger partial charge in [-0.2, -0.15) is 13.2 Å². The Morgan fingerprint density at radius 1 is 1.24 bits per heavy atom. The van der Waals surface area contributed by atoms with E-state index in [1.165, 1.54) is 11.8 Å². The molecule has 1 aromatic carbocycles. The first-order chi connectivity index (χ1) is 9.88. The van der Waals surface area contributed by atoms with Crippen LogP contribution in [-0.4, -0.2) is 9.97 Å². The van der Waals surface area contributed by atoms with Gasteiger partial charge in [-0.05, 0) is 12.5 Å². The Morgan fingerprint density at radius 3 is 2.62 bits per heavy atom. The van der Waals surface area contributed by atoms with Crippen LogP contribution in [0.15, 0.2) is 35.4 Å². The van der Waals surface area contributed by atoms with Crippen molar-refractivity contribution in [1.82, 2.24) is 9.97 Å². The molecule has 0 atom stereocenters. The van der Waals surface area contributed by atoms with Crippen molar-refractivity contribution in [2.75, 3.05) is 5.43 Å². The monoisotopic (exact) mass is 314 g/mol. The van der Waals surface area contributed by atoms with E-state index in [2.05, 4.69) is 15.4 Å². The summed E-state index contributed by atoms with van der Waals surface area (Å²) >= 11 is 1.20. The third-order valence-corrected chi connectivity index (χ3v) is 3.57. The largest absolute Gasteiger partial charge is 0.433 e. The number of rotatable bonds is 4. The topological polar surface area (TPSA) is 63.8 Å². The molecular weight excluding hydrogens is 301 g/mol. The molecule has 0 aliphatic rings. The fourth-order valence-electron chi connectivity index (χ4n) is 1.67. The quantitative estimate of drug-likeness (QED) is 0.392. The number of nitrogens with zero attached hydrogens (tertiary/aromatic N) is 2. The third-order valence-electron chi connectivity index (χ3n) is 2.59. The summed E-state index contributed by atoms with van der Waals surface area (Å²) in [6.45, 7) is 1.96. The van der Waals surface area contributed by atoms with Gasteiger partial charge in [-0.25, -0.2) is 15.8 Å². The summed E-state index contributed by atoms with van der Waals surface area (Å²) in [4.78, 5) is 7.23. The molecule has 2 aromatic rings. The molecule has 0 amide bonds. The molecule has 1 heterocycles. The maximum atomic E-state index is 12.7. The zero-order valence-electron chi connectivity index (χ0n) is 11.1. The summed E-state index contributed by atoms with van der Waals surface area (Å²) in [6.07, 6.45) is -4.53. The maximum absolute atomic E-state index is 12.7. The SMILES string of the molecule is Cc1cccc(CSc2cc(C(F)(F)F)nc(NN)n2)c1. The Labute approximate surface area is 124 Å². The lowest BCUT2D eigenvalue weighted by molar-refractivity contribution is -0.141. The van der Waals surface area contributed by atoms with Crippen LogP contribution in [0.3, 0.4) is 0 Å². The Bertz CT molecular complexity index is 631. The Morgan fingerprint density at radius 2 is 2.00 bits per heavy atom. The van der Waals surface area contributed by atoms with E-state index in [9.17, 15) is 13.2 Å². The maximum Gasteiger partial charge on any atom is 0.433 e. The summed E-state index contributed by atoms with van der Waals surface area (Å²) in [5.74, 6) is 5.37. The number of nitrogens with two attached hydrogens (primary N) is 1. The highest BCUT2D eigenvalue weighted by Crippen LogP contribution is 2.31. The number of aromatic nitrogens is 2. The zero-order chi connectivity index (χ0) is 15.5. The van der Waals surface area contributed by atoms with E-state index in [4.69, 9.17) is 5.84 Å². The molecule has 0 fully saturated rings. The Hall–Kier alpha value is -1.80. The van der Waals surface area contributed by atoms with Gasteiger partial charge in [0.15, 0.2) is 5.69 Å². The van der Waals surface area contributed by atoms with Crippen LogP contribution in [-0.2, 0) is 11.9 Å². The highest BCUT2D eigenvalue weighted by molar-refractivity contribution is 7.98. The third kappa shape index (κ3) is 4.33. The standard InChI is InChI=1S/C13H13F3N4S/c1-8-3-2-4-9(5-8)7-21-11-6-10(13(14,15)16)18-12(19-11)20-17/h2-6H,7,17H2,1H3,(H,18,19,20). The minimum absolute atomic E-state index is 0.215. The minimum Gasteiger partial charge on any atom is -0.292 e. The number of alkyl halides is 3. The number of nitrogens with one attached hydrogen (secondary N) is 1. The van der Waals surface area contributed by atoms with Crippen molar-refractivity contribution in [2.45, 2.75) is 23.9 Å². The molecule has 4 nitrogen and oxygen atoms in total.